The fourth-order valence-corrected chi connectivity index (χ4v) is 6.61. The molecule has 3 heterocycles. The molecule has 0 N–H and O–H groups in total. The van der Waals surface area contributed by atoms with E-state index in [1.807, 2.05) is 36.4 Å². The van der Waals surface area contributed by atoms with Crippen LogP contribution in [0.15, 0.2) is 95.9 Å². The molecule has 7 rings (SSSR count). The Hall–Kier alpha value is -4.82. The lowest BCUT2D eigenvalue weighted by atomic mass is 9.92. The molecule has 12 nitrogen and oxygen atoms in total. The summed E-state index contributed by atoms with van der Waals surface area (Å²) in [6.45, 7) is 15.3. The van der Waals surface area contributed by atoms with Crippen molar-refractivity contribution in [2.24, 2.45) is 11.3 Å². The monoisotopic (exact) mass is 774 g/mol. The zero-order chi connectivity index (χ0) is 39.7. The number of ether oxygens (including phenoxy) is 3. The standard InChI is InChI=1S/C38H46F2N8O4.C4H10/c1-37(2,3)15-16-48-36(49)47(26-43-48)31-7-5-29(6-8-31)44-17-19-45(20-18-44)30-9-11-32(12-10-30)51-23-35(52-27-46-25-41-24-42-46)50-21-14-28-4-13-34(39)33-22-38(28,33)40;1-3-4-2/h4-13,24-26,33,35H,14-23,27H2,1-3H3;3-4H2,1-2H3/t33?,35-,38?;/m0./s1. The lowest BCUT2D eigenvalue weighted by molar-refractivity contribution is -0.178. The first-order chi connectivity index (χ1) is 27.0. The van der Waals surface area contributed by atoms with Crippen LogP contribution in [0.3, 0.4) is 0 Å². The zero-order valence-electron chi connectivity index (χ0n) is 33.3. The number of alkyl halides is 1. The van der Waals surface area contributed by atoms with Gasteiger partial charge in [-0.2, -0.15) is 10.2 Å². The summed E-state index contributed by atoms with van der Waals surface area (Å²) in [4.78, 5) is 21.5. The minimum absolute atomic E-state index is 0.108. The molecule has 1 aliphatic heterocycles. The van der Waals surface area contributed by atoms with E-state index in [0.29, 0.717) is 24.3 Å². The highest BCUT2D eigenvalue weighted by molar-refractivity contribution is 5.54. The minimum atomic E-state index is -1.59. The van der Waals surface area contributed by atoms with Gasteiger partial charge in [0, 0.05) is 44.1 Å². The van der Waals surface area contributed by atoms with Crippen molar-refractivity contribution in [3.63, 3.8) is 0 Å². The van der Waals surface area contributed by atoms with Crippen LogP contribution in [0.1, 0.15) is 66.7 Å². The van der Waals surface area contributed by atoms with E-state index >= 15 is 0 Å². The lowest BCUT2D eigenvalue weighted by Gasteiger charge is -2.37. The average molecular weight is 775 g/mol. The summed E-state index contributed by atoms with van der Waals surface area (Å²) >= 11 is 0. The highest BCUT2D eigenvalue weighted by atomic mass is 19.2. The van der Waals surface area contributed by atoms with Crippen molar-refractivity contribution in [2.75, 3.05) is 49.2 Å². The Bertz CT molecular complexity index is 1940. The van der Waals surface area contributed by atoms with Crippen LogP contribution in [-0.4, -0.2) is 80.5 Å². The number of piperazine rings is 1. The number of nitrogens with zero attached hydrogens (tertiary/aromatic N) is 8. The number of benzene rings is 2. The molecule has 2 unspecified atom stereocenters. The fraction of sp³-hybridized carbons (Fsp3) is 0.524. The van der Waals surface area contributed by atoms with Crippen LogP contribution in [0.5, 0.6) is 5.75 Å². The van der Waals surface area contributed by atoms with Gasteiger partial charge in [-0.1, -0.05) is 53.5 Å². The van der Waals surface area contributed by atoms with E-state index in [1.54, 1.807) is 10.9 Å². The number of hydrogen-bond acceptors (Lipinski definition) is 9. The van der Waals surface area contributed by atoms with Crippen molar-refractivity contribution in [2.45, 2.75) is 92.0 Å². The van der Waals surface area contributed by atoms with Gasteiger partial charge in [-0.05, 0) is 84.9 Å². The topological polar surface area (TPSA) is 105 Å². The van der Waals surface area contributed by atoms with E-state index in [2.05, 4.69) is 71.7 Å². The normalized spacial score (nSPS) is 19.7. The molecule has 2 aliphatic carbocycles. The number of allylic oxidation sites excluding steroid dienone is 3. The Balaban J connectivity index is 0.00000127. The summed E-state index contributed by atoms with van der Waals surface area (Å²) in [6, 6.07) is 16.0. The van der Waals surface area contributed by atoms with Gasteiger partial charge < -0.3 is 24.0 Å². The molecular weight excluding hydrogens is 719 g/mol. The summed E-state index contributed by atoms with van der Waals surface area (Å²) in [5.74, 6) is -0.379. The Morgan fingerprint density at radius 3 is 2.12 bits per heavy atom. The molecular formula is C42H56F2N8O4. The minimum Gasteiger partial charge on any atom is -0.488 e. The van der Waals surface area contributed by atoms with Crippen molar-refractivity contribution in [1.82, 2.24) is 29.1 Å². The van der Waals surface area contributed by atoms with Crippen molar-refractivity contribution in [3.05, 3.63) is 102 Å². The molecule has 1 saturated carbocycles. The number of unbranched alkanes of at least 4 members (excludes halogenated alkanes) is 1. The molecule has 0 spiro atoms. The van der Waals surface area contributed by atoms with Gasteiger partial charge in [0.1, 0.15) is 49.6 Å². The third kappa shape index (κ3) is 10.5. The fourth-order valence-electron chi connectivity index (χ4n) is 6.61. The first-order valence-corrected chi connectivity index (χ1v) is 19.8. The molecule has 1 saturated heterocycles. The second-order valence-corrected chi connectivity index (χ2v) is 15.8. The van der Waals surface area contributed by atoms with Gasteiger partial charge in [0.25, 0.3) is 0 Å². The van der Waals surface area contributed by atoms with Crippen LogP contribution < -0.4 is 20.2 Å². The quantitative estimate of drug-likeness (QED) is 0.107. The van der Waals surface area contributed by atoms with Crippen LogP contribution in [0.2, 0.25) is 0 Å². The molecule has 2 aromatic heterocycles. The zero-order valence-corrected chi connectivity index (χ0v) is 33.3. The molecule has 0 bridgehead atoms. The van der Waals surface area contributed by atoms with Gasteiger partial charge in [-0.25, -0.2) is 32.5 Å². The molecule has 302 valence electrons. The van der Waals surface area contributed by atoms with Crippen LogP contribution in [0.4, 0.5) is 20.2 Å². The number of halogens is 2. The van der Waals surface area contributed by atoms with Gasteiger partial charge in [0.2, 0.25) is 0 Å². The molecule has 0 amide bonds. The predicted molar refractivity (Wildman–Crippen MR) is 214 cm³/mol. The molecule has 3 aliphatic rings. The van der Waals surface area contributed by atoms with E-state index in [9.17, 15) is 13.6 Å². The molecule has 3 atom stereocenters. The summed E-state index contributed by atoms with van der Waals surface area (Å²) in [5.41, 5.74) is 1.99. The largest absolute Gasteiger partial charge is 0.488 e. The first-order valence-electron chi connectivity index (χ1n) is 19.8. The predicted octanol–water partition coefficient (Wildman–Crippen LogP) is 7.50. The van der Waals surface area contributed by atoms with E-state index in [-0.39, 0.29) is 37.5 Å². The van der Waals surface area contributed by atoms with Crippen LogP contribution in [0, 0.1) is 11.3 Å². The number of fused-ring (bicyclic) bond motifs is 1. The second-order valence-electron chi connectivity index (χ2n) is 15.8. The van der Waals surface area contributed by atoms with E-state index in [0.717, 1.165) is 49.7 Å². The van der Waals surface area contributed by atoms with E-state index < -0.39 is 23.7 Å². The highest BCUT2D eigenvalue weighted by Gasteiger charge is 2.61. The Labute approximate surface area is 328 Å². The van der Waals surface area contributed by atoms with Crippen LogP contribution in [0.25, 0.3) is 5.69 Å². The molecule has 4 aromatic rings. The van der Waals surface area contributed by atoms with Crippen molar-refractivity contribution >= 4 is 11.4 Å². The molecule has 2 fully saturated rings. The number of aromatic nitrogens is 6. The Morgan fingerprint density at radius 2 is 1.52 bits per heavy atom. The lowest BCUT2D eigenvalue weighted by Crippen LogP contribution is -2.46. The van der Waals surface area contributed by atoms with Gasteiger partial charge in [-0.3, -0.25) is 0 Å². The van der Waals surface area contributed by atoms with Gasteiger partial charge in [-0.15, -0.1) is 0 Å². The van der Waals surface area contributed by atoms with Crippen molar-refractivity contribution < 1.29 is 23.0 Å². The first kappa shape index (κ1) is 40.8. The number of rotatable bonds is 16. The van der Waals surface area contributed by atoms with Gasteiger partial charge >= 0.3 is 5.69 Å². The summed E-state index contributed by atoms with van der Waals surface area (Å²) in [6.07, 6.45) is 10.7. The molecule has 2 aromatic carbocycles. The number of aryl methyl sites for hydroxylation is 1. The summed E-state index contributed by atoms with van der Waals surface area (Å²) < 4.78 is 51.3. The van der Waals surface area contributed by atoms with E-state index in [1.165, 1.54) is 47.0 Å². The third-order valence-corrected chi connectivity index (χ3v) is 10.4. The number of hydrogen-bond donors (Lipinski definition) is 0. The average Bonchev–Trinajstić information content (AvgIpc) is 3.48. The van der Waals surface area contributed by atoms with Gasteiger partial charge in [0.15, 0.2) is 6.29 Å². The summed E-state index contributed by atoms with van der Waals surface area (Å²) in [7, 11) is 0. The second kappa shape index (κ2) is 18.4. The summed E-state index contributed by atoms with van der Waals surface area (Å²) in [5, 5.41) is 8.38. The van der Waals surface area contributed by atoms with Crippen LogP contribution in [-0.2, 0) is 22.7 Å². The van der Waals surface area contributed by atoms with Crippen molar-refractivity contribution in [1.29, 1.82) is 0 Å². The number of anilines is 2. The maximum Gasteiger partial charge on any atom is 0.350 e. The maximum absolute atomic E-state index is 15.0. The molecule has 56 heavy (non-hydrogen) atoms. The van der Waals surface area contributed by atoms with Crippen molar-refractivity contribution in [3.8, 4) is 11.4 Å². The molecule has 0 radical (unpaired) electrons. The Morgan fingerprint density at radius 1 is 0.875 bits per heavy atom. The maximum atomic E-state index is 15.0. The Kier molecular flexibility index (Phi) is 13.4. The molecule has 14 heteroatoms. The third-order valence-electron chi connectivity index (χ3n) is 10.4. The highest BCUT2D eigenvalue weighted by Crippen LogP contribution is 2.59. The van der Waals surface area contributed by atoms with Gasteiger partial charge in [0.05, 0.1) is 18.2 Å². The smallest absolute Gasteiger partial charge is 0.350 e. The SMILES string of the molecule is CC(C)(C)CCn1ncn(-c2ccc(N3CCN(c4ccc(OC[C@@H](OCCC5=CC=C(F)C6CC56F)OCn5cncn5)cc4)CC3)cc2)c1=O.CCCC. The van der Waals surface area contributed by atoms with E-state index in [4.69, 9.17) is 14.2 Å². The van der Waals surface area contributed by atoms with Crippen LogP contribution >= 0.6 is 0 Å².